The SMILES string of the molecule is CCOc1ccc2nc(N=Cc3c(O)n(-c4ccc(Cl)cc4)c(=O)[nH]c3=O)sc2c1. The molecule has 2 heterocycles. The Bertz CT molecular complexity index is 1370. The van der Waals surface area contributed by atoms with E-state index in [9.17, 15) is 14.7 Å². The van der Waals surface area contributed by atoms with Gasteiger partial charge in [-0.05, 0) is 49.4 Å². The summed E-state index contributed by atoms with van der Waals surface area (Å²) in [6, 6.07) is 11.7. The van der Waals surface area contributed by atoms with Crippen LogP contribution in [0.4, 0.5) is 5.13 Å². The third-order valence-electron chi connectivity index (χ3n) is 4.17. The zero-order valence-corrected chi connectivity index (χ0v) is 17.2. The van der Waals surface area contributed by atoms with Gasteiger partial charge < -0.3 is 9.84 Å². The second kappa shape index (κ2) is 8.13. The number of thiazole rings is 1. The molecule has 4 rings (SSSR count). The normalized spacial score (nSPS) is 11.4. The largest absolute Gasteiger partial charge is 0.494 e. The summed E-state index contributed by atoms with van der Waals surface area (Å²) in [5.41, 5.74) is -0.624. The number of aromatic amines is 1. The second-order valence-electron chi connectivity index (χ2n) is 6.13. The number of fused-ring (bicyclic) bond motifs is 1. The Morgan fingerprint density at radius 3 is 2.77 bits per heavy atom. The van der Waals surface area contributed by atoms with E-state index in [4.69, 9.17) is 16.3 Å². The lowest BCUT2D eigenvalue weighted by Crippen LogP contribution is -2.31. The summed E-state index contributed by atoms with van der Waals surface area (Å²) in [7, 11) is 0. The Labute approximate surface area is 178 Å². The number of nitrogens with zero attached hydrogens (tertiary/aromatic N) is 3. The van der Waals surface area contributed by atoms with Crippen LogP contribution in [0.15, 0.2) is 57.0 Å². The van der Waals surface area contributed by atoms with E-state index in [1.165, 1.54) is 17.6 Å². The molecule has 10 heteroatoms. The molecule has 152 valence electrons. The minimum absolute atomic E-state index is 0.168. The highest BCUT2D eigenvalue weighted by molar-refractivity contribution is 7.22. The van der Waals surface area contributed by atoms with Gasteiger partial charge in [0.2, 0.25) is 11.0 Å². The summed E-state index contributed by atoms with van der Waals surface area (Å²) < 4.78 is 7.32. The van der Waals surface area contributed by atoms with E-state index < -0.39 is 17.1 Å². The molecule has 0 amide bonds. The van der Waals surface area contributed by atoms with Crippen LogP contribution in [0.2, 0.25) is 5.02 Å². The Kier molecular flexibility index (Phi) is 5.39. The Hall–Kier alpha value is -3.43. The molecular formula is C20H15ClN4O4S. The molecule has 2 aromatic carbocycles. The number of rotatable bonds is 5. The van der Waals surface area contributed by atoms with Gasteiger partial charge in [-0.1, -0.05) is 22.9 Å². The van der Waals surface area contributed by atoms with Gasteiger partial charge in [-0.3, -0.25) is 9.78 Å². The molecular weight excluding hydrogens is 428 g/mol. The minimum atomic E-state index is -0.777. The predicted molar refractivity (Wildman–Crippen MR) is 117 cm³/mol. The summed E-state index contributed by atoms with van der Waals surface area (Å²) in [6.45, 7) is 2.46. The fourth-order valence-corrected chi connectivity index (χ4v) is 3.77. The van der Waals surface area contributed by atoms with Crippen LogP contribution in [0.25, 0.3) is 15.9 Å². The first-order chi connectivity index (χ1) is 14.5. The van der Waals surface area contributed by atoms with Crippen LogP contribution in [-0.4, -0.2) is 32.5 Å². The molecule has 0 fully saturated rings. The van der Waals surface area contributed by atoms with Gasteiger partial charge in [-0.15, -0.1) is 0 Å². The third-order valence-corrected chi connectivity index (χ3v) is 5.35. The van der Waals surface area contributed by atoms with Crippen LogP contribution in [-0.2, 0) is 0 Å². The standard InChI is InChI=1S/C20H15ClN4O4S/c1-2-29-13-7-8-15-16(9-13)30-19(23-15)22-10-14-17(26)24-20(28)25(18(14)27)12-5-3-11(21)4-6-12/h3-10,27H,2H2,1H3,(H,24,26,28). The lowest BCUT2D eigenvalue weighted by atomic mass is 10.3. The van der Waals surface area contributed by atoms with Gasteiger partial charge in [0.15, 0.2) is 0 Å². The minimum Gasteiger partial charge on any atom is -0.494 e. The number of ether oxygens (including phenoxy) is 1. The van der Waals surface area contributed by atoms with Crippen LogP contribution in [0.5, 0.6) is 11.6 Å². The molecule has 4 aromatic rings. The van der Waals surface area contributed by atoms with Gasteiger partial charge in [0.1, 0.15) is 11.3 Å². The van der Waals surface area contributed by atoms with Crippen molar-refractivity contribution in [1.29, 1.82) is 0 Å². The van der Waals surface area contributed by atoms with Gasteiger partial charge in [0, 0.05) is 11.2 Å². The highest BCUT2D eigenvalue weighted by Gasteiger charge is 2.14. The quantitative estimate of drug-likeness (QED) is 0.458. The zero-order valence-electron chi connectivity index (χ0n) is 15.6. The molecule has 0 aliphatic rings. The maximum Gasteiger partial charge on any atom is 0.335 e. The van der Waals surface area contributed by atoms with Crippen molar-refractivity contribution in [2.75, 3.05) is 6.61 Å². The molecule has 0 aliphatic heterocycles. The molecule has 0 saturated heterocycles. The van der Waals surface area contributed by atoms with Crippen molar-refractivity contribution in [1.82, 2.24) is 14.5 Å². The lowest BCUT2D eigenvalue weighted by molar-refractivity contribution is 0.341. The number of hydrogen-bond acceptors (Lipinski definition) is 7. The maximum absolute atomic E-state index is 12.2. The summed E-state index contributed by atoms with van der Waals surface area (Å²) in [5, 5.41) is 11.4. The van der Waals surface area contributed by atoms with E-state index in [1.807, 2.05) is 25.1 Å². The van der Waals surface area contributed by atoms with Gasteiger partial charge in [-0.2, -0.15) is 0 Å². The Balaban J connectivity index is 1.74. The van der Waals surface area contributed by atoms with Crippen LogP contribution < -0.4 is 16.0 Å². The van der Waals surface area contributed by atoms with Crippen molar-refractivity contribution in [3.05, 3.63) is 73.9 Å². The summed E-state index contributed by atoms with van der Waals surface area (Å²) in [4.78, 5) is 35.2. The number of aliphatic imine (C=N–C) groups is 1. The number of hydrogen-bond donors (Lipinski definition) is 2. The van der Waals surface area contributed by atoms with Gasteiger partial charge in [0.05, 0.1) is 22.5 Å². The fourth-order valence-electron chi connectivity index (χ4n) is 2.81. The first kappa shape index (κ1) is 19.9. The smallest absolute Gasteiger partial charge is 0.335 e. The van der Waals surface area contributed by atoms with Crippen molar-refractivity contribution in [3.63, 3.8) is 0 Å². The maximum atomic E-state index is 12.2. The highest BCUT2D eigenvalue weighted by atomic mass is 35.5. The second-order valence-corrected chi connectivity index (χ2v) is 7.57. The van der Waals surface area contributed by atoms with E-state index in [0.29, 0.717) is 22.4 Å². The van der Waals surface area contributed by atoms with Crippen molar-refractivity contribution in [2.45, 2.75) is 6.92 Å². The number of aromatic hydroxyl groups is 1. The fraction of sp³-hybridized carbons (Fsp3) is 0.100. The lowest BCUT2D eigenvalue weighted by Gasteiger charge is -2.09. The van der Waals surface area contributed by atoms with Crippen molar-refractivity contribution in [3.8, 4) is 17.3 Å². The number of nitrogens with one attached hydrogen (secondary N) is 1. The van der Waals surface area contributed by atoms with E-state index >= 15 is 0 Å². The van der Waals surface area contributed by atoms with E-state index in [-0.39, 0.29) is 5.56 Å². The van der Waals surface area contributed by atoms with Crippen LogP contribution in [0, 0.1) is 0 Å². The Morgan fingerprint density at radius 1 is 1.27 bits per heavy atom. The van der Waals surface area contributed by atoms with E-state index in [2.05, 4.69) is 15.0 Å². The third kappa shape index (κ3) is 3.85. The number of benzene rings is 2. The van der Waals surface area contributed by atoms with Crippen molar-refractivity contribution < 1.29 is 9.84 Å². The average molecular weight is 443 g/mol. The topological polar surface area (TPSA) is 110 Å². The van der Waals surface area contributed by atoms with Gasteiger partial charge in [0.25, 0.3) is 5.56 Å². The molecule has 0 atom stereocenters. The van der Waals surface area contributed by atoms with Gasteiger partial charge >= 0.3 is 5.69 Å². The van der Waals surface area contributed by atoms with Crippen molar-refractivity contribution >= 4 is 44.5 Å². The predicted octanol–water partition coefficient (Wildman–Crippen LogP) is 3.64. The summed E-state index contributed by atoms with van der Waals surface area (Å²) in [6.07, 6.45) is 1.18. The molecule has 8 nitrogen and oxygen atoms in total. The monoisotopic (exact) mass is 442 g/mol. The summed E-state index contributed by atoms with van der Waals surface area (Å²) >= 11 is 7.18. The number of aromatic nitrogens is 3. The molecule has 2 aromatic heterocycles. The molecule has 0 bridgehead atoms. The zero-order chi connectivity index (χ0) is 21.3. The van der Waals surface area contributed by atoms with Crippen LogP contribution in [0.1, 0.15) is 12.5 Å². The number of halogens is 1. The molecule has 0 spiro atoms. The molecule has 0 saturated carbocycles. The number of H-pyrrole nitrogens is 1. The van der Waals surface area contributed by atoms with Crippen LogP contribution in [0.3, 0.4) is 0 Å². The highest BCUT2D eigenvalue weighted by Crippen LogP contribution is 2.31. The molecule has 2 N–H and O–H groups in total. The summed E-state index contributed by atoms with van der Waals surface area (Å²) in [5.74, 6) is 0.197. The molecule has 0 aliphatic carbocycles. The molecule has 0 radical (unpaired) electrons. The molecule has 30 heavy (non-hydrogen) atoms. The Morgan fingerprint density at radius 2 is 2.03 bits per heavy atom. The van der Waals surface area contributed by atoms with Gasteiger partial charge in [-0.25, -0.2) is 19.3 Å². The van der Waals surface area contributed by atoms with E-state index in [0.717, 1.165) is 20.5 Å². The average Bonchev–Trinajstić information content (AvgIpc) is 3.11. The van der Waals surface area contributed by atoms with Crippen LogP contribution >= 0.6 is 22.9 Å². The van der Waals surface area contributed by atoms with E-state index in [1.54, 1.807) is 24.3 Å². The first-order valence-corrected chi connectivity index (χ1v) is 10.1. The molecule has 0 unspecified atom stereocenters. The van der Waals surface area contributed by atoms with Crippen molar-refractivity contribution in [2.24, 2.45) is 4.99 Å². The first-order valence-electron chi connectivity index (χ1n) is 8.88.